The minimum absolute atomic E-state index is 0.118. The number of phenols is 1. The van der Waals surface area contributed by atoms with E-state index < -0.39 is 11.8 Å². The number of hydrogen-bond acceptors (Lipinski definition) is 4. The zero-order valence-corrected chi connectivity index (χ0v) is 13.8. The lowest BCUT2D eigenvalue weighted by Gasteiger charge is -2.09. The lowest BCUT2D eigenvalue weighted by atomic mass is 10.1. The smallest absolute Gasteiger partial charge is 0.343 e. The quantitative estimate of drug-likeness (QED) is 0.321. The van der Waals surface area contributed by atoms with Gasteiger partial charge in [0.15, 0.2) is 5.78 Å². The van der Waals surface area contributed by atoms with Gasteiger partial charge in [0.2, 0.25) is 0 Å². The molecule has 3 aromatic rings. The van der Waals surface area contributed by atoms with Crippen LogP contribution in [0.2, 0.25) is 0 Å². The fraction of sp³-hybridized carbons (Fsp3) is 0. The maximum Gasteiger partial charge on any atom is 0.343 e. The molecular weight excluding hydrogens is 328 g/mol. The molecule has 0 bridgehead atoms. The predicted octanol–water partition coefficient (Wildman–Crippen LogP) is 4.47. The fourth-order valence-electron chi connectivity index (χ4n) is 2.39. The molecule has 0 aliphatic carbocycles. The molecule has 0 radical (unpaired) electrons. The SMILES string of the molecule is O=C(OC(=CC(=O)c1ccccc1O)c1ccccc1)c1ccccc1. The van der Waals surface area contributed by atoms with Crippen molar-refractivity contribution < 1.29 is 19.4 Å². The Morgan fingerprint density at radius 2 is 1.27 bits per heavy atom. The van der Waals surface area contributed by atoms with Crippen molar-refractivity contribution in [1.82, 2.24) is 0 Å². The number of carbonyl (C=O) groups excluding carboxylic acids is 2. The van der Waals surface area contributed by atoms with E-state index in [2.05, 4.69) is 0 Å². The molecule has 1 N–H and O–H groups in total. The number of aromatic hydroxyl groups is 1. The first-order valence-electron chi connectivity index (χ1n) is 8.02. The van der Waals surface area contributed by atoms with Crippen LogP contribution in [0.4, 0.5) is 0 Å². The van der Waals surface area contributed by atoms with Gasteiger partial charge in [0, 0.05) is 11.6 Å². The third kappa shape index (κ3) is 4.05. The Bertz CT molecular complexity index is 944. The minimum Gasteiger partial charge on any atom is -0.507 e. The van der Waals surface area contributed by atoms with Crippen LogP contribution in [0.5, 0.6) is 5.75 Å². The molecule has 0 saturated carbocycles. The molecule has 128 valence electrons. The van der Waals surface area contributed by atoms with Gasteiger partial charge in [-0.2, -0.15) is 0 Å². The summed E-state index contributed by atoms with van der Waals surface area (Å²) in [5.74, 6) is -1.03. The van der Waals surface area contributed by atoms with Crippen LogP contribution in [-0.2, 0) is 4.74 Å². The zero-order chi connectivity index (χ0) is 18.4. The average molecular weight is 344 g/mol. The van der Waals surface area contributed by atoms with Crippen LogP contribution in [0.15, 0.2) is 91.0 Å². The number of carbonyl (C=O) groups is 2. The normalized spacial score (nSPS) is 11.0. The van der Waals surface area contributed by atoms with E-state index in [1.165, 1.54) is 18.2 Å². The van der Waals surface area contributed by atoms with E-state index in [4.69, 9.17) is 4.74 Å². The Kier molecular flexibility index (Phi) is 5.25. The molecule has 0 spiro atoms. The maximum absolute atomic E-state index is 12.5. The number of ketones is 1. The Morgan fingerprint density at radius 1 is 0.731 bits per heavy atom. The van der Waals surface area contributed by atoms with Crippen LogP contribution in [0.3, 0.4) is 0 Å². The molecule has 0 aromatic heterocycles. The maximum atomic E-state index is 12.5. The molecular formula is C22H16O4. The first-order valence-corrected chi connectivity index (χ1v) is 8.02. The second-order valence-corrected chi connectivity index (χ2v) is 5.51. The summed E-state index contributed by atoms with van der Waals surface area (Å²) in [7, 11) is 0. The molecule has 0 saturated heterocycles. The predicted molar refractivity (Wildman–Crippen MR) is 98.7 cm³/mol. The van der Waals surface area contributed by atoms with Crippen LogP contribution in [0, 0.1) is 0 Å². The van der Waals surface area contributed by atoms with Crippen LogP contribution in [0.25, 0.3) is 5.76 Å². The van der Waals surface area contributed by atoms with E-state index in [9.17, 15) is 14.7 Å². The van der Waals surface area contributed by atoms with E-state index in [0.717, 1.165) is 0 Å². The molecule has 4 nitrogen and oxygen atoms in total. The summed E-state index contributed by atoms with van der Waals surface area (Å²) < 4.78 is 5.47. The van der Waals surface area contributed by atoms with Gasteiger partial charge in [0.1, 0.15) is 11.5 Å². The topological polar surface area (TPSA) is 63.6 Å². The second-order valence-electron chi connectivity index (χ2n) is 5.51. The van der Waals surface area contributed by atoms with Crippen molar-refractivity contribution in [2.24, 2.45) is 0 Å². The molecule has 0 fully saturated rings. The Hall–Kier alpha value is -3.66. The molecule has 26 heavy (non-hydrogen) atoms. The molecule has 3 aromatic carbocycles. The summed E-state index contributed by atoms with van der Waals surface area (Å²) >= 11 is 0. The van der Waals surface area contributed by atoms with Gasteiger partial charge in [-0.05, 0) is 24.3 Å². The van der Waals surface area contributed by atoms with Crippen molar-refractivity contribution in [1.29, 1.82) is 0 Å². The Morgan fingerprint density at radius 3 is 1.88 bits per heavy atom. The minimum atomic E-state index is -0.564. The van der Waals surface area contributed by atoms with Crippen molar-refractivity contribution in [3.05, 3.63) is 108 Å². The number of benzene rings is 3. The second kappa shape index (κ2) is 7.94. The third-order valence-corrected chi connectivity index (χ3v) is 3.70. The standard InChI is InChI=1S/C22H16O4/c23-19-14-8-7-13-18(19)20(24)15-21(16-9-3-1-4-10-16)26-22(25)17-11-5-2-6-12-17/h1-15,23H. The van der Waals surface area contributed by atoms with Crippen molar-refractivity contribution in [2.45, 2.75) is 0 Å². The number of para-hydroxylation sites is 1. The van der Waals surface area contributed by atoms with Gasteiger partial charge in [0.05, 0.1) is 11.1 Å². The molecule has 0 aliphatic rings. The zero-order valence-electron chi connectivity index (χ0n) is 13.8. The molecule has 0 unspecified atom stereocenters. The number of esters is 1. The lowest BCUT2D eigenvalue weighted by molar-refractivity contribution is 0.0691. The lowest BCUT2D eigenvalue weighted by Crippen LogP contribution is -2.06. The number of ether oxygens (including phenoxy) is 1. The summed E-state index contributed by atoms with van der Waals surface area (Å²) in [4.78, 5) is 24.9. The molecule has 0 amide bonds. The van der Waals surface area contributed by atoms with Crippen LogP contribution in [-0.4, -0.2) is 16.9 Å². The van der Waals surface area contributed by atoms with Gasteiger partial charge in [-0.15, -0.1) is 0 Å². The first-order chi connectivity index (χ1) is 12.6. The monoisotopic (exact) mass is 344 g/mol. The van der Waals surface area contributed by atoms with E-state index in [0.29, 0.717) is 11.1 Å². The van der Waals surface area contributed by atoms with Crippen molar-refractivity contribution >= 4 is 17.5 Å². The molecule has 3 rings (SSSR count). The van der Waals surface area contributed by atoms with Crippen molar-refractivity contribution in [2.75, 3.05) is 0 Å². The van der Waals surface area contributed by atoms with Crippen LogP contribution in [0.1, 0.15) is 26.3 Å². The number of allylic oxidation sites excluding steroid dienone is 1. The van der Waals surface area contributed by atoms with E-state index in [1.54, 1.807) is 66.7 Å². The highest BCUT2D eigenvalue weighted by atomic mass is 16.5. The Balaban J connectivity index is 1.95. The van der Waals surface area contributed by atoms with Crippen molar-refractivity contribution in [3.63, 3.8) is 0 Å². The highest BCUT2D eigenvalue weighted by Gasteiger charge is 2.15. The number of hydrogen-bond donors (Lipinski definition) is 1. The van der Waals surface area contributed by atoms with E-state index in [-0.39, 0.29) is 17.1 Å². The molecule has 0 aliphatic heterocycles. The first kappa shape index (κ1) is 17.2. The van der Waals surface area contributed by atoms with E-state index in [1.807, 2.05) is 6.07 Å². The summed E-state index contributed by atoms with van der Waals surface area (Å²) in [6.45, 7) is 0. The van der Waals surface area contributed by atoms with Gasteiger partial charge in [-0.1, -0.05) is 60.7 Å². The van der Waals surface area contributed by atoms with Crippen LogP contribution >= 0.6 is 0 Å². The summed E-state index contributed by atoms with van der Waals surface area (Å²) in [6, 6.07) is 23.6. The average Bonchev–Trinajstić information content (AvgIpc) is 2.69. The van der Waals surface area contributed by atoms with E-state index >= 15 is 0 Å². The van der Waals surface area contributed by atoms with Gasteiger partial charge in [-0.3, -0.25) is 4.79 Å². The molecule has 4 heteroatoms. The molecule has 0 heterocycles. The third-order valence-electron chi connectivity index (χ3n) is 3.70. The largest absolute Gasteiger partial charge is 0.507 e. The van der Waals surface area contributed by atoms with Gasteiger partial charge in [-0.25, -0.2) is 4.79 Å². The number of phenolic OH excluding ortho intramolecular Hbond substituents is 1. The van der Waals surface area contributed by atoms with Crippen molar-refractivity contribution in [3.8, 4) is 5.75 Å². The number of rotatable bonds is 5. The highest BCUT2D eigenvalue weighted by molar-refractivity contribution is 6.10. The highest BCUT2D eigenvalue weighted by Crippen LogP contribution is 2.22. The molecule has 0 atom stereocenters. The van der Waals surface area contributed by atoms with Gasteiger partial charge in [0.25, 0.3) is 0 Å². The summed E-state index contributed by atoms with van der Waals surface area (Å²) in [5, 5.41) is 9.87. The van der Waals surface area contributed by atoms with Gasteiger partial charge >= 0.3 is 5.97 Å². The fourth-order valence-corrected chi connectivity index (χ4v) is 2.39. The Labute approximate surface area is 151 Å². The van der Waals surface area contributed by atoms with Gasteiger partial charge < -0.3 is 9.84 Å². The summed E-state index contributed by atoms with van der Waals surface area (Å²) in [5.41, 5.74) is 1.10. The summed E-state index contributed by atoms with van der Waals surface area (Å²) in [6.07, 6.45) is 1.21. The van der Waals surface area contributed by atoms with Crippen LogP contribution < -0.4 is 0 Å².